The van der Waals surface area contributed by atoms with Crippen LogP contribution < -0.4 is 10.6 Å². The van der Waals surface area contributed by atoms with Crippen molar-refractivity contribution in [3.63, 3.8) is 0 Å². The summed E-state index contributed by atoms with van der Waals surface area (Å²) in [5.41, 5.74) is 2.17. The van der Waals surface area contributed by atoms with E-state index in [1.807, 2.05) is 19.1 Å². The molecule has 8 heteroatoms. The van der Waals surface area contributed by atoms with Gasteiger partial charge in [-0.05, 0) is 31.2 Å². The zero-order chi connectivity index (χ0) is 18.5. The number of anilines is 3. The van der Waals surface area contributed by atoms with Crippen LogP contribution in [0.15, 0.2) is 48.8 Å². The van der Waals surface area contributed by atoms with Gasteiger partial charge >= 0.3 is 0 Å². The first-order valence-corrected chi connectivity index (χ1v) is 8.35. The van der Waals surface area contributed by atoms with E-state index in [0.717, 1.165) is 5.56 Å². The Balaban J connectivity index is 1.98. The van der Waals surface area contributed by atoms with E-state index in [2.05, 4.69) is 25.6 Å². The molecule has 0 spiro atoms. The Bertz CT molecular complexity index is 892. The molecule has 0 fully saturated rings. The summed E-state index contributed by atoms with van der Waals surface area (Å²) < 4.78 is 0. The molecule has 0 aliphatic rings. The first kappa shape index (κ1) is 17.9. The molecule has 0 aliphatic heterocycles. The summed E-state index contributed by atoms with van der Waals surface area (Å²) in [6.45, 7) is 1.78. The summed E-state index contributed by atoms with van der Waals surface area (Å²) in [7, 11) is 0. The second-order valence-corrected chi connectivity index (χ2v) is 6.12. The van der Waals surface area contributed by atoms with Crippen LogP contribution in [0.3, 0.4) is 0 Å². The lowest BCUT2D eigenvalue weighted by molar-refractivity contribution is 0.281. The molecule has 0 aliphatic carbocycles. The normalized spacial score (nSPS) is 11.8. The van der Waals surface area contributed by atoms with Gasteiger partial charge in [0.1, 0.15) is 11.6 Å². The molecule has 0 amide bonds. The van der Waals surface area contributed by atoms with E-state index < -0.39 is 0 Å². The van der Waals surface area contributed by atoms with E-state index >= 15 is 0 Å². The molecule has 3 rings (SSSR count). The highest BCUT2D eigenvalue weighted by Crippen LogP contribution is 2.30. The quantitative estimate of drug-likeness (QED) is 0.492. The molecule has 1 atom stereocenters. The maximum atomic E-state index is 9.49. The molecule has 7 nitrogen and oxygen atoms in total. The number of rotatable bonds is 6. The predicted molar refractivity (Wildman–Crippen MR) is 102 cm³/mol. The Morgan fingerprint density at radius 1 is 1.12 bits per heavy atom. The number of phenols is 1. The zero-order valence-electron chi connectivity index (χ0n) is 14.0. The van der Waals surface area contributed by atoms with Crippen LogP contribution in [-0.4, -0.2) is 37.8 Å². The number of pyridine rings is 1. The number of aliphatic hydroxyl groups is 1. The molecule has 0 saturated heterocycles. The monoisotopic (exact) mass is 371 g/mol. The van der Waals surface area contributed by atoms with Crippen molar-refractivity contribution in [2.24, 2.45) is 0 Å². The second kappa shape index (κ2) is 7.99. The van der Waals surface area contributed by atoms with Gasteiger partial charge < -0.3 is 20.8 Å². The number of aromatic hydroxyl groups is 1. The lowest BCUT2D eigenvalue weighted by Crippen LogP contribution is -2.21. The number of phenolic OH excluding ortho intramolecular Hbond substituents is 1. The number of hydrogen-bond acceptors (Lipinski definition) is 7. The Kier molecular flexibility index (Phi) is 5.50. The first-order valence-electron chi connectivity index (χ1n) is 7.97. The van der Waals surface area contributed by atoms with Crippen LogP contribution >= 0.6 is 11.6 Å². The van der Waals surface area contributed by atoms with Crippen LogP contribution in [0.1, 0.15) is 6.92 Å². The summed E-state index contributed by atoms with van der Waals surface area (Å²) in [6, 6.07) is 9.92. The van der Waals surface area contributed by atoms with Gasteiger partial charge in [-0.2, -0.15) is 4.98 Å². The van der Waals surface area contributed by atoms with E-state index in [1.165, 1.54) is 12.1 Å². The number of aromatic nitrogens is 3. The topological polar surface area (TPSA) is 103 Å². The highest BCUT2D eigenvalue weighted by atomic mass is 35.5. The largest absolute Gasteiger partial charge is 0.508 e. The van der Waals surface area contributed by atoms with Crippen LogP contribution in [0.25, 0.3) is 11.3 Å². The van der Waals surface area contributed by atoms with E-state index in [0.29, 0.717) is 28.2 Å². The van der Waals surface area contributed by atoms with Crippen LogP contribution in [0.4, 0.5) is 17.5 Å². The fraction of sp³-hybridized carbons (Fsp3) is 0.167. The van der Waals surface area contributed by atoms with Gasteiger partial charge in [-0.3, -0.25) is 4.98 Å². The second-order valence-electron chi connectivity index (χ2n) is 5.72. The molecule has 0 bridgehead atoms. The minimum Gasteiger partial charge on any atom is -0.508 e. The third-order valence-corrected chi connectivity index (χ3v) is 3.88. The highest BCUT2D eigenvalue weighted by molar-refractivity contribution is 6.33. The fourth-order valence-electron chi connectivity index (χ4n) is 2.26. The van der Waals surface area contributed by atoms with Gasteiger partial charge in [0.25, 0.3) is 0 Å². The van der Waals surface area contributed by atoms with Gasteiger partial charge in [-0.15, -0.1) is 0 Å². The fourth-order valence-corrected chi connectivity index (χ4v) is 2.48. The Labute approximate surface area is 155 Å². The van der Waals surface area contributed by atoms with Crippen molar-refractivity contribution in [1.29, 1.82) is 0 Å². The first-order chi connectivity index (χ1) is 12.5. The maximum absolute atomic E-state index is 9.49. The van der Waals surface area contributed by atoms with Gasteiger partial charge in [-0.25, -0.2) is 4.98 Å². The number of halogens is 1. The van der Waals surface area contributed by atoms with Crippen molar-refractivity contribution in [3.8, 4) is 17.0 Å². The Morgan fingerprint density at radius 2 is 1.88 bits per heavy atom. The van der Waals surface area contributed by atoms with Crippen LogP contribution in [-0.2, 0) is 0 Å². The Morgan fingerprint density at radius 3 is 2.58 bits per heavy atom. The van der Waals surface area contributed by atoms with Crippen molar-refractivity contribution in [2.45, 2.75) is 13.0 Å². The maximum Gasteiger partial charge on any atom is 0.225 e. The van der Waals surface area contributed by atoms with Crippen molar-refractivity contribution in [1.82, 2.24) is 15.0 Å². The molecular weight excluding hydrogens is 354 g/mol. The lowest BCUT2D eigenvalue weighted by Gasteiger charge is -2.14. The van der Waals surface area contributed by atoms with Gasteiger partial charge in [0.05, 0.1) is 23.0 Å². The van der Waals surface area contributed by atoms with Crippen LogP contribution in [0, 0.1) is 0 Å². The third kappa shape index (κ3) is 4.38. The predicted octanol–water partition coefficient (Wildman–Crippen LogP) is 3.43. The van der Waals surface area contributed by atoms with E-state index in [9.17, 15) is 10.2 Å². The molecule has 0 radical (unpaired) electrons. The minimum absolute atomic E-state index is 0.0462. The van der Waals surface area contributed by atoms with Gasteiger partial charge in [0, 0.05) is 36.1 Å². The average Bonchev–Trinajstić information content (AvgIpc) is 2.64. The summed E-state index contributed by atoms with van der Waals surface area (Å²) in [5, 5.41) is 25.3. The molecule has 0 unspecified atom stereocenters. The molecule has 2 heterocycles. The molecule has 2 aromatic heterocycles. The molecular formula is C18H18ClN5O2. The van der Waals surface area contributed by atoms with Gasteiger partial charge in [-0.1, -0.05) is 11.6 Å². The number of nitrogens with one attached hydrogen (secondary N) is 2. The van der Waals surface area contributed by atoms with Crippen molar-refractivity contribution >= 4 is 29.1 Å². The van der Waals surface area contributed by atoms with Crippen LogP contribution in [0.2, 0.25) is 5.02 Å². The molecule has 26 heavy (non-hydrogen) atoms. The van der Waals surface area contributed by atoms with E-state index in [-0.39, 0.29) is 18.4 Å². The average molecular weight is 372 g/mol. The summed E-state index contributed by atoms with van der Waals surface area (Å²) >= 11 is 6.16. The molecule has 3 aromatic rings. The molecule has 134 valence electrons. The van der Waals surface area contributed by atoms with Gasteiger partial charge in [0.2, 0.25) is 5.95 Å². The van der Waals surface area contributed by atoms with E-state index in [1.54, 1.807) is 24.5 Å². The zero-order valence-corrected chi connectivity index (χ0v) is 14.8. The van der Waals surface area contributed by atoms with Crippen LogP contribution in [0.5, 0.6) is 5.75 Å². The molecule has 1 aromatic carbocycles. The third-order valence-electron chi connectivity index (χ3n) is 3.57. The van der Waals surface area contributed by atoms with E-state index in [4.69, 9.17) is 11.6 Å². The smallest absolute Gasteiger partial charge is 0.225 e. The summed E-state index contributed by atoms with van der Waals surface area (Å²) in [4.78, 5) is 12.9. The van der Waals surface area contributed by atoms with Crippen molar-refractivity contribution in [2.75, 3.05) is 17.2 Å². The number of aliphatic hydroxyl groups excluding tert-OH is 1. The number of hydrogen-bond donors (Lipinski definition) is 4. The molecule has 0 saturated carbocycles. The minimum atomic E-state index is -0.201. The lowest BCUT2D eigenvalue weighted by atomic mass is 10.2. The van der Waals surface area contributed by atoms with Crippen molar-refractivity contribution in [3.05, 3.63) is 53.8 Å². The standard InChI is InChI=1S/C18H18ClN5O2/c1-11(10-25)21-18-23-16(12-4-6-20-7-5-12)9-17(24-18)22-15-3-2-13(26)8-14(15)19/h2-9,11,25-26H,10H2,1H3,(H2,21,22,23,24)/t11-/m1/s1. The Hall–Kier alpha value is -2.90. The number of nitrogens with zero attached hydrogens (tertiary/aromatic N) is 3. The number of benzene rings is 1. The van der Waals surface area contributed by atoms with Crippen molar-refractivity contribution < 1.29 is 10.2 Å². The SMILES string of the molecule is C[C@H](CO)Nc1nc(Nc2ccc(O)cc2Cl)cc(-c2ccncc2)n1. The molecule has 4 N–H and O–H groups in total. The summed E-state index contributed by atoms with van der Waals surface area (Å²) in [5.74, 6) is 0.977. The van der Waals surface area contributed by atoms with Gasteiger partial charge in [0.15, 0.2) is 0 Å². The highest BCUT2D eigenvalue weighted by Gasteiger charge is 2.10. The summed E-state index contributed by atoms with van der Waals surface area (Å²) in [6.07, 6.45) is 3.37.